The molecule has 1 aliphatic rings. The Morgan fingerprint density at radius 1 is 1.17 bits per heavy atom. The lowest BCUT2D eigenvalue weighted by molar-refractivity contribution is 0.413. The summed E-state index contributed by atoms with van der Waals surface area (Å²) in [5.41, 5.74) is 7.71. The van der Waals surface area contributed by atoms with Crippen LogP contribution in [0.2, 0.25) is 0 Å². The molecule has 0 unspecified atom stereocenters. The number of fused-ring (bicyclic) bond motifs is 4. The summed E-state index contributed by atoms with van der Waals surface area (Å²) in [6, 6.07) is 13.0. The summed E-state index contributed by atoms with van der Waals surface area (Å²) in [5, 5.41) is 1.31. The van der Waals surface area contributed by atoms with E-state index in [1.165, 1.54) is 33.3 Å². The van der Waals surface area contributed by atoms with Crippen molar-refractivity contribution in [1.82, 2.24) is 4.98 Å². The van der Waals surface area contributed by atoms with Gasteiger partial charge in [0.25, 0.3) is 0 Å². The number of hydrogen-bond acceptors (Lipinski definition) is 2. The Morgan fingerprint density at radius 3 is 2.75 bits per heavy atom. The lowest BCUT2D eigenvalue weighted by Gasteiger charge is -2.33. The van der Waals surface area contributed by atoms with E-state index in [-0.39, 0.29) is 5.41 Å². The highest BCUT2D eigenvalue weighted by atomic mass is 16.5. The second-order valence-corrected chi connectivity index (χ2v) is 7.00. The summed E-state index contributed by atoms with van der Waals surface area (Å²) in [6.45, 7) is 4.58. The zero-order valence-corrected chi connectivity index (χ0v) is 14.6. The van der Waals surface area contributed by atoms with Gasteiger partial charge in [-0.3, -0.25) is 4.99 Å². The van der Waals surface area contributed by atoms with Gasteiger partial charge in [0.2, 0.25) is 0 Å². The molecule has 0 radical (unpaired) electrons. The number of hydrogen-bond donors (Lipinski definition) is 1. The normalized spacial score (nSPS) is 15.5. The van der Waals surface area contributed by atoms with E-state index in [9.17, 15) is 0 Å². The van der Waals surface area contributed by atoms with Crippen LogP contribution in [0.4, 0.5) is 0 Å². The van der Waals surface area contributed by atoms with Crippen molar-refractivity contribution in [3.63, 3.8) is 0 Å². The van der Waals surface area contributed by atoms with E-state index in [2.05, 4.69) is 60.2 Å². The zero-order valence-electron chi connectivity index (χ0n) is 14.6. The van der Waals surface area contributed by atoms with Gasteiger partial charge in [-0.25, -0.2) is 0 Å². The number of aromatic nitrogens is 1. The maximum atomic E-state index is 5.43. The van der Waals surface area contributed by atoms with Gasteiger partial charge in [0.1, 0.15) is 5.75 Å². The minimum atomic E-state index is -0.0484. The molecule has 0 saturated carbocycles. The van der Waals surface area contributed by atoms with E-state index >= 15 is 0 Å². The minimum absolute atomic E-state index is 0.0484. The van der Waals surface area contributed by atoms with Crippen LogP contribution < -0.4 is 4.74 Å². The summed E-state index contributed by atoms with van der Waals surface area (Å²) in [7, 11) is 3.53. The van der Waals surface area contributed by atoms with Gasteiger partial charge in [-0.1, -0.05) is 32.0 Å². The van der Waals surface area contributed by atoms with Gasteiger partial charge in [0, 0.05) is 41.7 Å². The highest BCUT2D eigenvalue weighted by Gasteiger charge is 2.35. The molecule has 4 rings (SSSR count). The van der Waals surface area contributed by atoms with E-state index in [1.807, 2.05) is 6.21 Å². The van der Waals surface area contributed by atoms with Gasteiger partial charge in [-0.2, -0.15) is 0 Å². The van der Waals surface area contributed by atoms with Crippen LogP contribution in [0.5, 0.6) is 5.75 Å². The van der Waals surface area contributed by atoms with Crippen LogP contribution in [0, 0.1) is 0 Å². The molecule has 2 aromatic carbocycles. The van der Waals surface area contributed by atoms with Crippen molar-refractivity contribution >= 4 is 17.1 Å². The van der Waals surface area contributed by atoms with Crippen LogP contribution in [-0.2, 0) is 11.8 Å². The van der Waals surface area contributed by atoms with Crippen LogP contribution in [0.1, 0.15) is 41.8 Å². The standard InChI is InChI=1S/C21H22N2O/c1-21(2)18-8-6-15(24-4)10-14(18)11-17-16-7-5-13(12-22-3)9-19(16)23-20(17)21/h5-10,12,23H,11H2,1-4H3. The van der Waals surface area contributed by atoms with Crippen LogP contribution in [0.25, 0.3) is 10.9 Å². The van der Waals surface area contributed by atoms with Gasteiger partial charge in [0.15, 0.2) is 0 Å². The molecule has 0 amide bonds. The Labute approximate surface area is 142 Å². The summed E-state index contributed by atoms with van der Waals surface area (Å²) < 4.78 is 5.43. The zero-order chi connectivity index (χ0) is 16.9. The van der Waals surface area contributed by atoms with Crippen molar-refractivity contribution in [3.8, 4) is 5.75 Å². The largest absolute Gasteiger partial charge is 0.497 e. The molecule has 0 aliphatic heterocycles. The molecule has 3 nitrogen and oxygen atoms in total. The SMILES string of the molecule is CN=Cc1ccc2c3c([nH]c2c1)C(C)(C)c1ccc(OC)cc1C3. The van der Waals surface area contributed by atoms with Gasteiger partial charge in [-0.15, -0.1) is 0 Å². The predicted octanol–water partition coefficient (Wildman–Crippen LogP) is 4.46. The van der Waals surface area contributed by atoms with Crippen molar-refractivity contribution in [1.29, 1.82) is 0 Å². The molecule has 1 N–H and O–H groups in total. The second-order valence-electron chi connectivity index (χ2n) is 7.00. The van der Waals surface area contributed by atoms with Crippen molar-refractivity contribution in [2.45, 2.75) is 25.7 Å². The van der Waals surface area contributed by atoms with E-state index < -0.39 is 0 Å². The molecule has 3 heteroatoms. The average Bonchev–Trinajstić information content (AvgIpc) is 2.94. The number of H-pyrrole nitrogens is 1. The average molecular weight is 318 g/mol. The first-order valence-electron chi connectivity index (χ1n) is 8.29. The number of nitrogens with zero attached hydrogens (tertiary/aromatic N) is 1. The molecule has 122 valence electrons. The van der Waals surface area contributed by atoms with Gasteiger partial charge < -0.3 is 9.72 Å². The Morgan fingerprint density at radius 2 is 2.00 bits per heavy atom. The highest BCUT2D eigenvalue weighted by Crippen LogP contribution is 2.44. The summed E-state index contributed by atoms with van der Waals surface area (Å²) in [4.78, 5) is 7.80. The third-order valence-electron chi connectivity index (χ3n) is 5.19. The third kappa shape index (κ3) is 2.08. The molecule has 3 aromatic rings. The van der Waals surface area contributed by atoms with Gasteiger partial charge >= 0.3 is 0 Å². The van der Waals surface area contributed by atoms with Crippen molar-refractivity contribution in [2.24, 2.45) is 4.99 Å². The van der Waals surface area contributed by atoms with E-state index in [1.54, 1.807) is 14.2 Å². The predicted molar refractivity (Wildman–Crippen MR) is 99.7 cm³/mol. The maximum absolute atomic E-state index is 5.43. The summed E-state index contributed by atoms with van der Waals surface area (Å²) in [5.74, 6) is 0.925. The summed E-state index contributed by atoms with van der Waals surface area (Å²) >= 11 is 0. The van der Waals surface area contributed by atoms with Crippen molar-refractivity contribution < 1.29 is 4.74 Å². The Balaban J connectivity index is 1.94. The number of methoxy groups -OCH3 is 1. The van der Waals surface area contributed by atoms with Crippen LogP contribution in [-0.4, -0.2) is 25.4 Å². The molecule has 1 aliphatic carbocycles. The first-order chi connectivity index (χ1) is 11.5. The van der Waals surface area contributed by atoms with Crippen LogP contribution in [0.3, 0.4) is 0 Å². The Kier molecular flexibility index (Phi) is 3.27. The molecular weight excluding hydrogens is 296 g/mol. The molecule has 0 fully saturated rings. The maximum Gasteiger partial charge on any atom is 0.119 e. The summed E-state index contributed by atoms with van der Waals surface area (Å²) in [6.07, 6.45) is 2.83. The lowest BCUT2D eigenvalue weighted by atomic mass is 9.72. The van der Waals surface area contributed by atoms with Gasteiger partial charge in [0.05, 0.1) is 7.11 Å². The first-order valence-corrected chi connectivity index (χ1v) is 8.29. The number of benzene rings is 2. The smallest absolute Gasteiger partial charge is 0.119 e. The number of aromatic amines is 1. The Hall–Kier alpha value is -2.55. The topological polar surface area (TPSA) is 37.4 Å². The molecular formula is C21H22N2O. The first kappa shape index (κ1) is 15.0. The quantitative estimate of drug-likeness (QED) is 0.696. The van der Waals surface area contributed by atoms with E-state index in [0.29, 0.717) is 0 Å². The molecule has 24 heavy (non-hydrogen) atoms. The molecule has 0 saturated heterocycles. The third-order valence-corrected chi connectivity index (χ3v) is 5.19. The van der Waals surface area contributed by atoms with Gasteiger partial charge in [-0.05, 0) is 40.5 Å². The molecule has 0 atom stereocenters. The second kappa shape index (κ2) is 5.23. The van der Waals surface area contributed by atoms with E-state index in [4.69, 9.17) is 4.74 Å². The molecule has 1 aromatic heterocycles. The lowest BCUT2D eigenvalue weighted by Crippen LogP contribution is -2.27. The van der Waals surface area contributed by atoms with Crippen molar-refractivity contribution in [3.05, 3.63) is 64.3 Å². The van der Waals surface area contributed by atoms with E-state index in [0.717, 1.165) is 17.7 Å². The number of aliphatic imine (C=N–C) groups is 1. The molecule has 0 bridgehead atoms. The fourth-order valence-electron chi connectivity index (χ4n) is 4.00. The monoisotopic (exact) mass is 318 g/mol. The highest BCUT2D eigenvalue weighted by molar-refractivity contribution is 5.92. The van der Waals surface area contributed by atoms with Crippen molar-refractivity contribution in [2.75, 3.05) is 14.2 Å². The fraction of sp³-hybridized carbons (Fsp3) is 0.286. The van der Waals surface area contributed by atoms with Crippen LogP contribution >= 0.6 is 0 Å². The van der Waals surface area contributed by atoms with Crippen LogP contribution in [0.15, 0.2) is 41.4 Å². The fourth-order valence-corrected chi connectivity index (χ4v) is 4.00. The molecule has 0 spiro atoms. The minimum Gasteiger partial charge on any atom is -0.497 e. The Bertz CT molecular complexity index is 963. The number of rotatable bonds is 2. The number of ether oxygens (including phenoxy) is 1. The molecule has 1 heterocycles. The number of nitrogens with one attached hydrogen (secondary N) is 1.